The van der Waals surface area contributed by atoms with Gasteiger partial charge in [0.2, 0.25) is 11.8 Å². The predicted molar refractivity (Wildman–Crippen MR) is 101 cm³/mol. The van der Waals surface area contributed by atoms with Gasteiger partial charge < -0.3 is 10.6 Å². The van der Waals surface area contributed by atoms with Crippen LogP contribution < -0.4 is 10.6 Å². The number of halogens is 1. The largest absolute Gasteiger partial charge is 0.356 e. The fourth-order valence-electron chi connectivity index (χ4n) is 3.02. The standard InChI is InChI=1S/C19H27BrN2O2/c1-13(2)11-12-21-18(23)14-3-5-15(6-4-14)19(24)22-17-9-7-16(20)8-10-17/h7-10,13-15H,3-6,11-12H2,1-2H3,(H,21,23)(H,22,24). The van der Waals surface area contributed by atoms with Gasteiger partial charge in [-0.1, -0.05) is 29.8 Å². The zero-order valence-electron chi connectivity index (χ0n) is 14.5. The van der Waals surface area contributed by atoms with Gasteiger partial charge in [-0.25, -0.2) is 0 Å². The monoisotopic (exact) mass is 394 g/mol. The van der Waals surface area contributed by atoms with Crippen LogP contribution in [0.1, 0.15) is 46.0 Å². The Morgan fingerprint density at radius 2 is 1.58 bits per heavy atom. The fourth-order valence-corrected chi connectivity index (χ4v) is 3.29. The Morgan fingerprint density at radius 1 is 1.04 bits per heavy atom. The second-order valence-corrected chi connectivity index (χ2v) is 7.93. The molecule has 2 amide bonds. The lowest BCUT2D eigenvalue weighted by Gasteiger charge is -2.27. The van der Waals surface area contributed by atoms with Gasteiger partial charge in [0, 0.05) is 28.5 Å². The van der Waals surface area contributed by atoms with Gasteiger partial charge in [-0.15, -0.1) is 0 Å². The third-order valence-electron chi connectivity index (χ3n) is 4.60. The maximum absolute atomic E-state index is 12.4. The summed E-state index contributed by atoms with van der Waals surface area (Å²) in [4.78, 5) is 24.5. The van der Waals surface area contributed by atoms with Crippen LogP contribution in [-0.2, 0) is 9.59 Å². The van der Waals surface area contributed by atoms with Crippen molar-refractivity contribution in [1.29, 1.82) is 0 Å². The van der Waals surface area contributed by atoms with Crippen LogP contribution >= 0.6 is 15.9 Å². The molecule has 1 aromatic rings. The molecule has 2 rings (SSSR count). The lowest BCUT2D eigenvalue weighted by molar-refractivity contribution is -0.128. The molecule has 0 atom stereocenters. The summed E-state index contributed by atoms with van der Waals surface area (Å²) in [5.74, 6) is 0.893. The number of carbonyl (C=O) groups is 2. The molecular weight excluding hydrogens is 368 g/mol. The number of anilines is 1. The average molecular weight is 395 g/mol. The van der Waals surface area contributed by atoms with E-state index in [0.29, 0.717) is 5.92 Å². The van der Waals surface area contributed by atoms with E-state index in [0.717, 1.165) is 48.8 Å². The van der Waals surface area contributed by atoms with Crippen molar-refractivity contribution in [3.63, 3.8) is 0 Å². The molecule has 2 N–H and O–H groups in total. The van der Waals surface area contributed by atoms with Crippen molar-refractivity contribution in [2.75, 3.05) is 11.9 Å². The second-order valence-electron chi connectivity index (χ2n) is 7.02. The molecule has 1 aromatic carbocycles. The molecular formula is C19H27BrN2O2. The summed E-state index contributed by atoms with van der Waals surface area (Å²) >= 11 is 3.38. The summed E-state index contributed by atoms with van der Waals surface area (Å²) in [6.45, 7) is 5.06. The van der Waals surface area contributed by atoms with Crippen molar-refractivity contribution >= 4 is 33.4 Å². The van der Waals surface area contributed by atoms with Crippen molar-refractivity contribution in [1.82, 2.24) is 5.32 Å². The SMILES string of the molecule is CC(C)CCNC(=O)C1CCC(C(=O)Nc2ccc(Br)cc2)CC1. The third-order valence-corrected chi connectivity index (χ3v) is 5.13. The number of nitrogens with one attached hydrogen (secondary N) is 2. The van der Waals surface area contributed by atoms with E-state index in [1.807, 2.05) is 24.3 Å². The Hall–Kier alpha value is -1.36. The van der Waals surface area contributed by atoms with Crippen LogP contribution in [0.5, 0.6) is 0 Å². The van der Waals surface area contributed by atoms with Crippen LogP contribution in [0.2, 0.25) is 0 Å². The summed E-state index contributed by atoms with van der Waals surface area (Å²) in [5.41, 5.74) is 0.816. The first-order valence-corrected chi connectivity index (χ1v) is 9.59. The minimum absolute atomic E-state index is 0.00774. The van der Waals surface area contributed by atoms with E-state index in [9.17, 15) is 9.59 Å². The lowest BCUT2D eigenvalue weighted by atomic mass is 9.81. The predicted octanol–water partition coefficient (Wildman–Crippen LogP) is 4.36. The molecule has 0 saturated heterocycles. The zero-order chi connectivity index (χ0) is 17.5. The highest BCUT2D eigenvalue weighted by molar-refractivity contribution is 9.10. The maximum Gasteiger partial charge on any atom is 0.227 e. The van der Waals surface area contributed by atoms with E-state index in [1.54, 1.807) is 0 Å². The zero-order valence-corrected chi connectivity index (χ0v) is 16.1. The van der Waals surface area contributed by atoms with Gasteiger partial charge in [0.05, 0.1) is 0 Å². The van der Waals surface area contributed by atoms with Crippen LogP contribution in [-0.4, -0.2) is 18.4 Å². The van der Waals surface area contributed by atoms with E-state index in [-0.39, 0.29) is 23.7 Å². The van der Waals surface area contributed by atoms with Gasteiger partial charge in [-0.05, 0) is 62.3 Å². The Balaban J connectivity index is 1.74. The summed E-state index contributed by atoms with van der Waals surface area (Å²) in [6.07, 6.45) is 4.17. The molecule has 0 aromatic heterocycles. The van der Waals surface area contributed by atoms with Crippen LogP contribution in [0.3, 0.4) is 0 Å². The van der Waals surface area contributed by atoms with Gasteiger partial charge >= 0.3 is 0 Å². The molecule has 5 heteroatoms. The molecule has 1 aliphatic rings. The number of hydrogen-bond acceptors (Lipinski definition) is 2. The van der Waals surface area contributed by atoms with Crippen molar-refractivity contribution in [3.8, 4) is 0 Å². The van der Waals surface area contributed by atoms with Gasteiger partial charge in [0.15, 0.2) is 0 Å². The Bertz CT molecular complexity index is 549. The van der Waals surface area contributed by atoms with E-state index in [4.69, 9.17) is 0 Å². The smallest absolute Gasteiger partial charge is 0.227 e. The first-order chi connectivity index (χ1) is 11.5. The van der Waals surface area contributed by atoms with Crippen LogP contribution in [0.25, 0.3) is 0 Å². The van der Waals surface area contributed by atoms with Crippen molar-refractivity contribution < 1.29 is 9.59 Å². The summed E-state index contributed by atoms with van der Waals surface area (Å²) in [7, 11) is 0. The summed E-state index contributed by atoms with van der Waals surface area (Å²) in [5, 5.41) is 6.00. The fraction of sp³-hybridized carbons (Fsp3) is 0.579. The highest BCUT2D eigenvalue weighted by atomic mass is 79.9. The number of carbonyl (C=O) groups excluding carboxylic acids is 2. The second kappa shape index (κ2) is 9.21. The van der Waals surface area contributed by atoms with Gasteiger partial charge in [0.25, 0.3) is 0 Å². The molecule has 0 aliphatic heterocycles. The molecule has 1 aliphatic carbocycles. The Kier molecular flexibility index (Phi) is 7.28. The first kappa shape index (κ1) is 19.0. The highest BCUT2D eigenvalue weighted by Crippen LogP contribution is 2.30. The van der Waals surface area contributed by atoms with E-state index >= 15 is 0 Å². The van der Waals surface area contributed by atoms with Gasteiger partial charge in [-0.2, -0.15) is 0 Å². The molecule has 132 valence electrons. The minimum Gasteiger partial charge on any atom is -0.356 e. The van der Waals surface area contributed by atoms with E-state index in [2.05, 4.69) is 40.4 Å². The van der Waals surface area contributed by atoms with Gasteiger partial charge in [-0.3, -0.25) is 9.59 Å². The molecule has 1 saturated carbocycles. The molecule has 0 bridgehead atoms. The van der Waals surface area contributed by atoms with Crippen LogP contribution in [0.15, 0.2) is 28.7 Å². The van der Waals surface area contributed by atoms with Crippen molar-refractivity contribution in [2.24, 2.45) is 17.8 Å². The third kappa shape index (κ3) is 5.93. The Morgan fingerprint density at radius 3 is 2.12 bits per heavy atom. The average Bonchev–Trinajstić information content (AvgIpc) is 2.56. The number of rotatable bonds is 6. The number of benzene rings is 1. The van der Waals surface area contributed by atoms with Crippen LogP contribution in [0, 0.1) is 17.8 Å². The summed E-state index contributed by atoms with van der Waals surface area (Å²) in [6, 6.07) is 7.59. The quantitative estimate of drug-likeness (QED) is 0.752. The normalized spacial score (nSPS) is 20.7. The summed E-state index contributed by atoms with van der Waals surface area (Å²) < 4.78 is 0.990. The molecule has 0 spiro atoms. The topological polar surface area (TPSA) is 58.2 Å². The van der Waals surface area contributed by atoms with E-state index in [1.165, 1.54) is 0 Å². The van der Waals surface area contributed by atoms with Crippen molar-refractivity contribution in [3.05, 3.63) is 28.7 Å². The van der Waals surface area contributed by atoms with Crippen molar-refractivity contribution in [2.45, 2.75) is 46.0 Å². The van der Waals surface area contributed by atoms with E-state index < -0.39 is 0 Å². The maximum atomic E-state index is 12.4. The lowest BCUT2D eigenvalue weighted by Crippen LogP contribution is -2.36. The number of hydrogen-bond donors (Lipinski definition) is 2. The van der Waals surface area contributed by atoms with Crippen LogP contribution in [0.4, 0.5) is 5.69 Å². The Labute approximate surface area is 152 Å². The molecule has 0 radical (unpaired) electrons. The molecule has 24 heavy (non-hydrogen) atoms. The molecule has 0 unspecified atom stereocenters. The number of amides is 2. The molecule has 1 fully saturated rings. The molecule has 0 heterocycles. The minimum atomic E-state index is 0.00774. The molecule has 4 nitrogen and oxygen atoms in total. The highest BCUT2D eigenvalue weighted by Gasteiger charge is 2.29. The van der Waals surface area contributed by atoms with Gasteiger partial charge in [0.1, 0.15) is 0 Å². The first-order valence-electron chi connectivity index (χ1n) is 8.80.